The molecule has 8 atom stereocenters. The van der Waals surface area contributed by atoms with Crippen LogP contribution in [0.4, 0.5) is 0 Å². The third kappa shape index (κ3) is 2.71. The third-order valence-electron chi connectivity index (χ3n) is 12.4. The van der Waals surface area contributed by atoms with Gasteiger partial charge in [0.05, 0.1) is 6.10 Å². The van der Waals surface area contributed by atoms with Gasteiger partial charge in [-0.2, -0.15) is 0 Å². The van der Waals surface area contributed by atoms with Gasteiger partial charge >= 0.3 is 0 Å². The first-order valence-corrected chi connectivity index (χ1v) is 13.5. The number of aliphatic hydroxyl groups excluding tert-OH is 1. The van der Waals surface area contributed by atoms with Crippen LogP contribution in [0.2, 0.25) is 0 Å². The monoisotopic (exact) mass is 438 g/mol. The Balaban J connectivity index is 1.47. The minimum absolute atomic E-state index is 0.0200. The zero-order valence-electron chi connectivity index (χ0n) is 21.7. The van der Waals surface area contributed by atoms with Crippen molar-refractivity contribution in [2.45, 2.75) is 112 Å². The number of Topliss-reactive ketones (excluding diaryl/α,β-unsaturated/α-hetero) is 1. The van der Waals surface area contributed by atoms with Gasteiger partial charge in [0.25, 0.3) is 0 Å². The zero-order valence-corrected chi connectivity index (χ0v) is 21.7. The first kappa shape index (κ1) is 22.9. The van der Waals surface area contributed by atoms with E-state index < -0.39 is 0 Å². The number of carbonyl (C=O) groups excluding carboxylic acids is 1. The van der Waals surface area contributed by atoms with E-state index in [4.69, 9.17) is 0 Å². The van der Waals surface area contributed by atoms with E-state index in [1.807, 2.05) is 0 Å². The summed E-state index contributed by atoms with van der Waals surface area (Å²) in [6.45, 7) is 16.7. The minimum atomic E-state index is -0.155. The molecular weight excluding hydrogens is 392 g/mol. The maximum atomic E-state index is 13.3. The van der Waals surface area contributed by atoms with Gasteiger partial charge in [-0.3, -0.25) is 4.79 Å². The van der Waals surface area contributed by atoms with Crippen molar-refractivity contribution in [3.63, 3.8) is 0 Å². The Morgan fingerprint density at radius 3 is 2.22 bits per heavy atom. The Morgan fingerprint density at radius 2 is 1.56 bits per heavy atom. The van der Waals surface area contributed by atoms with Crippen LogP contribution in [0.5, 0.6) is 0 Å². The molecule has 2 heteroatoms. The molecule has 0 bridgehead atoms. The molecule has 0 aromatic carbocycles. The average molecular weight is 439 g/mol. The second-order valence-corrected chi connectivity index (χ2v) is 13.9. The molecule has 0 aromatic heterocycles. The second kappa shape index (κ2) is 7.06. The van der Waals surface area contributed by atoms with Crippen molar-refractivity contribution < 1.29 is 9.90 Å². The molecule has 5 aliphatic rings. The highest BCUT2D eigenvalue weighted by atomic mass is 16.3. The van der Waals surface area contributed by atoms with Crippen molar-refractivity contribution in [2.75, 3.05) is 0 Å². The summed E-state index contributed by atoms with van der Waals surface area (Å²) in [5.41, 5.74) is 4.44. The van der Waals surface area contributed by atoms with E-state index in [9.17, 15) is 9.90 Å². The van der Waals surface area contributed by atoms with Crippen molar-refractivity contribution in [1.29, 1.82) is 0 Å². The van der Waals surface area contributed by atoms with Crippen LogP contribution in [0.1, 0.15) is 106 Å². The summed E-state index contributed by atoms with van der Waals surface area (Å²) < 4.78 is 0. The van der Waals surface area contributed by atoms with Crippen molar-refractivity contribution >= 4 is 5.78 Å². The Hall–Kier alpha value is -0.890. The van der Waals surface area contributed by atoms with Gasteiger partial charge in [0.2, 0.25) is 0 Å². The molecule has 0 heterocycles. The van der Waals surface area contributed by atoms with E-state index in [1.165, 1.54) is 56.1 Å². The lowest BCUT2D eigenvalue weighted by atomic mass is 9.35. The fourth-order valence-corrected chi connectivity index (χ4v) is 10.4. The van der Waals surface area contributed by atoms with E-state index in [-0.39, 0.29) is 11.5 Å². The third-order valence-corrected chi connectivity index (χ3v) is 12.4. The summed E-state index contributed by atoms with van der Waals surface area (Å²) in [5.74, 6) is 2.84. The van der Waals surface area contributed by atoms with Crippen LogP contribution in [-0.4, -0.2) is 17.0 Å². The van der Waals surface area contributed by atoms with Crippen LogP contribution in [-0.2, 0) is 4.79 Å². The maximum absolute atomic E-state index is 13.3. The second-order valence-electron chi connectivity index (χ2n) is 13.9. The highest BCUT2D eigenvalue weighted by Gasteiger charge is 2.68. The lowest BCUT2D eigenvalue weighted by molar-refractivity contribution is -0.220. The smallest absolute Gasteiger partial charge is 0.185 e. The fraction of sp³-hybridized carbons (Fsp3) is 0.833. The summed E-state index contributed by atoms with van der Waals surface area (Å²) in [6, 6.07) is 0. The van der Waals surface area contributed by atoms with Crippen molar-refractivity contribution in [3.05, 3.63) is 22.8 Å². The molecule has 0 aromatic rings. The van der Waals surface area contributed by atoms with Gasteiger partial charge in [-0.1, -0.05) is 46.3 Å². The van der Waals surface area contributed by atoms with Crippen molar-refractivity contribution in [2.24, 2.45) is 45.3 Å². The number of carbonyl (C=O) groups is 1. The summed E-state index contributed by atoms with van der Waals surface area (Å²) in [5, 5.41) is 10.9. The standard InChI is InChI=1S/C30H46O2/c1-18(2)19-8-9-21(26(19)32)20-12-16-29(6)22(20)10-11-24-28(5)15-14-25(31)27(3,4)23(28)13-17-30(24,29)7/h9,20,22-25,31H,8,10-17H2,1-7H3/t20-,22-,23?,24?,25+,28+,29-,30-/m1/s1. The summed E-state index contributed by atoms with van der Waals surface area (Å²) in [6.07, 6.45) is 12.7. The lowest BCUT2D eigenvalue weighted by Crippen LogP contribution is -2.63. The predicted octanol–water partition coefficient (Wildman–Crippen LogP) is 7.27. The first-order valence-electron chi connectivity index (χ1n) is 13.5. The Bertz CT molecular complexity index is 889. The normalized spacial score (nSPS) is 49.9. The largest absolute Gasteiger partial charge is 0.393 e. The Morgan fingerprint density at radius 1 is 0.875 bits per heavy atom. The van der Waals surface area contributed by atoms with Gasteiger partial charge < -0.3 is 5.11 Å². The Labute approximate surface area is 196 Å². The van der Waals surface area contributed by atoms with Crippen LogP contribution in [0, 0.1) is 45.3 Å². The van der Waals surface area contributed by atoms with Gasteiger partial charge in [-0.15, -0.1) is 0 Å². The van der Waals surface area contributed by atoms with E-state index in [0.29, 0.717) is 39.8 Å². The summed E-state index contributed by atoms with van der Waals surface area (Å²) in [7, 11) is 0. The van der Waals surface area contributed by atoms with Gasteiger partial charge in [0.15, 0.2) is 5.78 Å². The number of rotatable bonds is 1. The highest BCUT2D eigenvalue weighted by molar-refractivity contribution is 6.11. The van der Waals surface area contributed by atoms with E-state index >= 15 is 0 Å². The zero-order chi connectivity index (χ0) is 23.3. The Kier molecular flexibility index (Phi) is 5.05. The predicted molar refractivity (Wildman–Crippen MR) is 131 cm³/mol. The highest BCUT2D eigenvalue weighted by Crippen LogP contribution is 2.75. The number of hydrogen-bond donors (Lipinski definition) is 1. The molecule has 4 fully saturated rings. The van der Waals surface area contributed by atoms with E-state index in [0.717, 1.165) is 24.3 Å². The molecule has 0 spiro atoms. The lowest BCUT2D eigenvalue weighted by Gasteiger charge is -2.69. The molecule has 2 nitrogen and oxygen atoms in total. The van der Waals surface area contributed by atoms with Crippen LogP contribution < -0.4 is 0 Å². The molecule has 2 unspecified atom stereocenters. The molecular formula is C30H46O2. The number of aliphatic hydroxyl groups is 1. The first-order chi connectivity index (χ1) is 14.9. The van der Waals surface area contributed by atoms with Crippen molar-refractivity contribution in [3.8, 4) is 0 Å². The number of hydrogen-bond acceptors (Lipinski definition) is 2. The fourth-order valence-electron chi connectivity index (χ4n) is 10.4. The van der Waals surface area contributed by atoms with Crippen molar-refractivity contribution in [1.82, 2.24) is 0 Å². The number of allylic oxidation sites excluding steroid dienone is 4. The summed E-state index contributed by atoms with van der Waals surface area (Å²) >= 11 is 0. The molecule has 0 saturated heterocycles. The van der Waals surface area contributed by atoms with Gasteiger partial charge in [-0.05, 0) is 123 Å². The van der Waals surface area contributed by atoms with Crippen LogP contribution in [0.15, 0.2) is 22.8 Å². The van der Waals surface area contributed by atoms with Crippen LogP contribution in [0.3, 0.4) is 0 Å². The average Bonchev–Trinajstić information content (AvgIpc) is 3.26. The van der Waals surface area contributed by atoms with Crippen LogP contribution in [0.25, 0.3) is 0 Å². The molecule has 5 rings (SSSR count). The van der Waals surface area contributed by atoms with E-state index in [2.05, 4.69) is 54.5 Å². The number of fused-ring (bicyclic) bond motifs is 5. The summed E-state index contributed by atoms with van der Waals surface area (Å²) in [4.78, 5) is 13.3. The molecule has 0 radical (unpaired) electrons. The SMILES string of the molecule is CC(C)=C1CC=C([C@H]2CC[C@]3(C)[C@@H]2CCC2[C@@]4(C)CC[C@H](O)C(C)(C)C4CC[C@]23C)C1=O. The molecule has 5 aliphatic carbocycles. The van der Waals surface area contributed by atoms with E-state index in [1.54, 1.807) is 0 Å². The molecule has 0 amide bonds. The maximum Gasteiger partial charge on any atom is 0.185 e. The van der Waals surface area contributed by atoms with Gasteiger partial charge in [0, 0.05) is 5.57 Å². The number of ketones is 1. The minimum Gasteiger partial charge on any atom is -0.393 e. The molecule has 32 heavy (non-hydrogen) atoms. The van der Waals surface area contributed by atoms with Gasteiger partial charge in [-0.25, -0.2) is 0 Å². The molecule has 0 aliphatic heterocycles. The molecule has 4 saturated carbocycles. The van der Waals surface area contributed by atoms with Crippen LogP contribution >= 0.6 is 0 Å². The quantitative estimate of drug-likeness (QED) is 0.437. The van der Waals surface area contributed by atoms with Gasteiger partial charge in [0.1, 0.15) is 0 Å². The molecule has 1 N–H and O–H groups in total. The topological polar surface area (TPSA) is 37.3 Å². The molecule has 178 valence electrons.